The van der Waals surface area contributed by atoms with Gasteiger partial charge in [-0.2, -0.15) is 10.5 Å². The molecule has 0 aliphatic rings. The van der Waals surface area contributed by atoms with Gasteiger partial charge in [-0.25, -0.2) is 0 Å². The van der Waals surface area contributed by atoms with Crippen molar-refractivity contribution in [1.29, 1.82) is 10.5 Å². The van der Waals surface area contributed by atoms with Crippen molar-refractivity contribution >= 4 is 23.5 Å². The Kier molecular flexibility index (Phi) is 5.38. The van der Waals surface area contributed by atoms with Gasteiger partial charge in [0.2, 0.25) is 0 Å². The molecule has 3 rings (SSSR count). The van der Waals surface area contributed by atoms with Gasteiger partial charge in [0.15, 0.2) is 0 Å². The van der Waals surface area contributed by atoms with Crippen LogP contribution < -0.4 is 0 Å². The fraction of sp³-hybridized carbons (Fsp3) is 0. The molecule has 0 aliphatic carbocycles. The molecule has 26 heavy (non-hydrogen) atoms. The Balaban J connectivity index is 2.01. The van der Waals surface area contributed by atoms with E-state index in [1.165, 1.54) is 23.5 Å². The van der Waals surface area contributed by atoms with Gasteiger partial charge in [-0.3, -0.25) is 0 Å². The smallest absolute Gasteiger partial charge is 0.116 e. The Hall–Kier alpha value is -3.06. The highest BCUT2D eigenvalue weighted by Crippen LogP contribution is 2.39. The molecule has 0 aliphatic heterocycles. The standard InChI is InChI=1S/C20H12N2O2S2/c21-11-13-7-14(12-22)20(26-18-6-2-4-16(24)9-18)10-19(13)25-17-5-1-3-15(23)8-17/h1-10,23-24H. The lowest BCUT2D eigenvalue weighted by Gasteiger charge is -2.10. The molecule has 0 saturated carbocycles. The SMILES string of the molecule is N#Cc1cc(C#N)c(Sc2cccc(O)c2)cc1Sc1cccc(O)c1. The van der Waals surface area contributed by atoms with E-state index in [4.69, 9.17) is 0 Å². The molecule has 0 amide bonds. The van der Waals surface area contributed by atoms with Crippen LogP contribution in [0.4, 0.5) is 0 Å². The van der Waals surface area contributed by atoms with Crippen LogP contribution in [-0.4, -0.2) is 10.2 Å². The molecule has 126 valence electrons. The molecule has 0 aromatic heterocycles. The number of rotatable bonds is 4. The first-order valence-electron chi connectivity index (χ1n) is 7.51. The van der Waals surface area contributed by atoms with E-state index in [1.807, 2.05) is 12.1 Å². The fourth-order valence-electron chi connectivity index (χ4n) is 2.25. The lowest BCUT2D eigenvalue weighted by molar-refractivity contribution is 0.473. The monoisotopic (exact) mass is 376 g/mol. The molecule has 2 N–H and O–H groups in total. The van der Waals surface area contributed by atoms with Crippen LogP contribution in [0, 0.1) is 22.7 Å². The van der Waals surface area contributed by atoms with Gasteiger partial charge in [-0.15, -0.1) is 0 Å². The average Bonchev–Trinajstić information content (AvgIpc) is 2.62. The molecule has 4 nitrogen and oxygen atoms in total. The van der Waals surface area contributed by atoms with Gasteiger partial charge in [0.1, 0.15) is 23.6 Å². The first kappa shape index (κ1) is 17.8. The third-order valence-electron chi connectivity index (χ3n) is 3.41. The minimum absolute atomic E-state index is 0.150. The molecule has 0 fully saturated rings. The quantitative estimate of drug-likeness (QED) is 0.655. The normalized spacial score (nSPS) is 10.1. The maximum atomic E-state index is 9.63. The predicted octanol–water partition coefficient (Wildman–Crippen LogP) is 5.14. The van der Waals surface area contributed by atoms with Gasteiger partial charge in [-0.1, -0.05) is 35.7 Å². The molecule has 0 saturated heterocycles. The van der Waals surface area contributed by atoms with Crippen molar-refractivity contribution in [1.82, 2.24) is 0 Å². The summed E-state index contributed by atoms with van der Waals surface area (Å²) in [5.41, 5.74) is 0.797. The van der Waals surface area contributed by atoms with Gasteiger partial charge in [-0.05, 0) is 48.5 Å². The van der Waals surface area contributed by atoms with Crippen LogP contribution in [0.25, 0.3) is 0 Å². The second kappa shape index (κ2) is 7.88. The summed E-state index contributed by atoms with van der Waals surface area (Å²) in [6.07, 6.45) is 0. The van der Waals surface area contributed by atoms with Crippen LogP contribution in [-0.2, 0) is 0 Å². The highest BCUT2D eigenvalue weighted by molar-refractivity contribution is 8.00. The van der Waals surface area contributed by atoms with E-state index in [2.05, 4.69) is 12.1 Å². The lowest BCUT2D eigenvalue weighted by Crippen LogP contribution is -1.89. The van der Waals surface area contributed by atoms with Crippen molar-refractivity contribution in [2.75, 3.05) is 0 Å². The fourth-order valence-corrected chi connectivity index (χ4v) is 4.27. The summed E-state index contributed by atoms with van der Waals surface area (Å²) in [6, 6.07) is 21.1. The van der Waals surface area contributed by atoms with Crippen LogP contribution in [0.3, 0.4) is 0 Å². The van der Waals surface area contributed by atoms with Gasteiger partial charge < -0.3 is 10.2 Å². The molecule has 3 aromatic carbocycles. The van der Waals surface area contributed by atoms with E-state index in [1.54, 1.807) is 48.5 Å². The van der Waals surface area contributed by atoms with E-state index >= 15 is 0 Å². The lowest BCUT2D eigenvalue weighted by atomic mass is 10.1. The zero-order valence-electron chi connectivity index (χ0n) is 13.4. The van der Waals surface area contributed by atoms with Crippen molar-refractivity contribution in [2.45, 2.75) is 19.6 Å². The Morgan fingerprint density at radius 3 is 1.50 bits per heavy atom. The van der Waals surface area contributed by atoms with Crippen molar-refractivity contribution in [2.24, 2.45) is 0 Å². The van der Waals surface area contributed by atoms with E-state index in [9.17, 15) is 20.7 Å². The molecule has 6 heteroatoms. The summed E-state index contributed by atoms with van der Waals surface area (Å²) < 4.78 is 0. The van der Waals surface area contributed by atoms with Crippen LogP contribution >= 0.6 is 23.5 Å². The Bertz CT molecular complexity index is 972. The Morgan fingerprint density at radius 2 is 1.12 bits per heavy atom. The number of phenolic OH excluding ortho intramolecular Hbond substituents is 2. The largest absolute Gasteiger partial charge is 0.508 e. The molecule has 0 radical (unpaired) electrons. The zero-order chi connectivity index (χ0) is 18.5. The number of hydrogen-bond acceptors (Lipinski definition) is 6. The topological polar surface area (TPSA) is 88.0 Å². The molecular formula is C20H12N2O2S2. The predicted molar refractivity (Wildman–Crippen MR) is 100 cm³/mol. The number of phenols is 2. The highest BCUT2D eigenvalue weighted by Gasteiger charge is 2.13. The van der Waals surface area contributed by atoms with Crippen molar-refractivity contribution in [3.8, 4) is 23.6 Å². The molecule has 3 aromatic rings. The Morgan fingerprint density at radius 1 is 0.654 bits per heavy atom. The van der Waals surface area contributed by atoms with Crippen LogP contribution in [0.15, 0.2) is 80.2 Å². The molecule has 0 spiro atoms. The molecule has 0 atom stereocenters. The Labute approximate surface area is 159 Å². The molecular weight excluding hydrogens is 364 g/mol. The van der Waals surface area contributed by atoms with Gasteiger partial charge in [0, 0.05) is 19.6 Å². The first-order valence-corrected chi connectivity index (χ1v) is 9.14. The van der Waals surface area contributed by atoms with Crippen LogP contribution in [0.2, 0.25) is 0 Å². The zero-order valence-corrected chi connectivity index (χ0v) is 15.0. The molecule has 0 unspecified atom stereocenters. The number of hydrogen-bond donors (Lipinski definition) is 2. The summed E-state index contributed by atoms with van der Waals surface area (Å²) in [5, 5.41) is 38.1. The average molecular weight is 376 g/mol. The van der Waals surface area contributed by atoms with E-state index in [0.29, 0.717) is 20.9 Å². The van der Waals surface area contributed by atoms with E-state index in [-0.39, 0.29) is 11.5 Å². The third kappa shape index (κ3) is 4.12. The van der Waals surface area contributed by atoms with Crippen LogP contribution in [0.1, 0.15) is 11.1 Å². The van der Waals surface area contributed by atoms with E-state index in [0.717, 1.165) is 9.79 Å². The van der Waals surface area contributed by atoms with E-state index < -0.39 is 0 Å². The van der Waals surface area contributed by atoms with Gasteiger partial charge in [0.25, 0.3) is 0 Å². The second-order valence-corrected chi connectivity index (χ2v) is 7.50. The number of nitrogens with zero attached hydrogens (tertiary/aromatic N) is 2. The minimum atomic E-state index is 0.150. The number of nitriles is 2. The molecule has 0 bridgehead atoms. The number of aromatic hydroxyl groups is 2. The van der Waals surface area contributed by atoms with Crippen molar-refractivity contribution < 1.29 is 10.2 Å². The summed E-state index contributed by atoms with van der Waals surface area (Å²) >= 11 is 2.69. The summed E-state index contributed by atoms with van der Waals surface area (Å²) in [4.78, 5) is 2.97. The second-order valence-electron chi connectivity index (χ2n) is 5.27. The summed E-state index contributed by atoms with van der Waals surface area (Å²) in [6.45, 7) is 0. The third-order valence-corrected chi connectivity index (χ3v) is 5.51. The van der Waals surface area contributed by atoms with Crippen molar-refractivity contribution in [3.63, 3.8) is 0 Å². The van der Waals surface area contributed by atoms with Crippen LogP contribution in [0.5, 0.6) is 11.5 Å². The van der Waals surface area contributed by atoms with Gasteiger partial charge in [0.05, 0.1) is 11.1 Å². The number of benzene rings is 3. The summed E-state index contributed by atoms with van der Waals surface area (Å²) in [7, 11) is 0. The minimum Gasteiger partial charge on any atom is -0.508 e. The molecule has 0 heterocycles. The highest BCUT2D eigenvalue weighted by atomic mass is 32.2. The van der Waals surface area contributed by atoms with Crippen molar-refractivity contribution in [3.05, 3.63) is 71.8 Å². The summed E-state index contributed by atoms with van der Waals surface area (Å²) in [5.74, 6) is 0.299. The maximum absolute atomic E-state index is 9.63. The van der Waals surface area contributed by atoms with Gasteiger partial charge >= 0.3 is 0 Å². The maximum Gasteiger partial charge on any atom is 0.116 e. The first-order chi connectivity index (χ1) is 12.6.